The first-order valence-corrected chi connectivity index (χ1v) is 14.7. The SMILES string of the molecule is CCCCOc1ccc(C(=O)NCc2nnc(SCC(=O)Nc3ccc(C(=O)OCC)cc3)n2-c2ccccc2)cc1. The van der Waals surface area contributed by atoms with Gasteiger partial charge in [-0.3, -0.25) is 14.2 Å². The molecule has 0 aliphatic rings. The van der Waals surface area contributed by atoms with E-state index in [9.17, 15) is 14.4 Å². The number of aromatic nitrogens is 3. The number of hydrogen-bond donors (Lipinski definition) is 2. The Morgan fingerprint density at radius 1 is 0.881 bits per heavy atom. The fraction of sp³-hybridized carbons (Fsp3) is 0.258. The number of amides is 2. The number of carbonyl (C=O) groups excluding carboxylic acids is 3. The third kappa shape index (κ3) is 8.43. The molecule has 0 spiro atoms. The van der Waals surface area contributed by atoms with Gasteiger partial charge in [0.1, 0.15) is 5.75 Å². The van der Waals surface area contributed by atoms with Gasteiger partial charge in [0.25, 0.3) is 5.91 Å². The van der Waals surface area contributed by atoms with Crippen LogP contribution >= 0.6 is 11.8 Å². The lowest BCUT2D eigenvalue weighted by atomic mass is 10.2. The number of benzene rings is 3. The van der Waals surface area contributed by atoms with Crippen LogP contribution in [0.1, 0.15) is 53.2 Å². The zero-order valence-corrected chi connectivity index (χ0v) is 24.4. The number of nitrogens with one attached hydrogen (secondary N) is 2. The van der Waals surface area contributed by atoms with E-state index >= 15 is 0 Å². The molecule has 0 atom stereocenters. The second kappa shape index (κ2) is 15.4. The Kier molecular flexibility index (Phi) is 11.1. The van der Waals surface area contributed by atoms with Gasteiger partial charge in [0.15, 0.2) is 11.0 Å². The normalized spacial score (nSPS) is 10.6. The molecule has 0 bridgehead atoms. The topological polar surface area (TPSA) is 124 Å². The third-order valence-electron chi connectivity index (χ3n) is 6.02. The molecule has 11 heteroatoms. The van der Waals surface area contributed by atoms with Crippen LogP contribution in [-0.2, 0) is 16.1 Å². The van der Waals surface area contributed by atoms with Crippen LogP contribution in [0.2, 0.25) is 0 Å². The van der Waals surface area contributed by atoms with Crippen molar-refractivity contribution in [3.8, 4) is 11.4 Å². The molecule has 1 heterocycles. The van der Waals surface area contributed by atoms with Crippen LogP contribution in [0.4, 0.5) is 5.69 Å². The largest absolute Gasteiger partial charge is 0.494 e. The first-order valence-electron chi connectivity index (χ1n) is 13.7. The minimum atomic E-state index is -0.413. The molecule has 3 aromatic carbocycles. The second-order valence-corrected chi connectivity index (χ2v) is 10.1. The first-order chi connectivity index (χ1) is 20.5. The molecule has 0 saturated carbocycles. The molecule has 1 aromatic heterocycles. The highest BCUT2D eigenvalue weighted by Crippen LogP contribution is 2.23. The predicted octanol–water partition coefficient (Wildman–Crippen LogP) is 5.28. The maximum atomic E-state index is 12.8. The number of carbonyl (C=O) groups is 3. The molecule has 0 aliphatic carbocycles. The van der Waals surface area contributed by atoms with Crippen LogP contribution in [-0.4, -0.2) is 51.5 Å². The van der Waals surface area contributed by atoms with Gasteiger partial charge in [-0.2, -0.15) is 0 Å². The van der Waals surface area contributed by atoms with E-state index in [0.717, 1.165) is 24.3 Å². The standard InChI is InChI=1S/C31H33N5O5S/c1-3-5-19-41-26-17-13-22(14-18-26)29(38)32-20-27-34-35-31(36(27)25-9-7-6-8-10-25)42-21-28(37)33-24-15-11-23(12-16-24)30(39)40-4-2/h6-18H,3-5,19-21H2,1-2H3,(H,32,38)(H,33,37). The highest BCUT2D eigenvalue weighted by atomic mass is 32.2. The molecule has 10 nitrogen and oxygen atoms in total. The smallest absolute Gasteiger partial charge is 0.338 e. The van der Waals surface area contributed by atoms with Crippen molar-refractivity contribution < 1.29 is 23.9 Å². The predicted molar refractivity (Wildman–Crippen MR) is 161 cm³/mol. The number of rotatable bonds is 14. The average Bonchev–Trinajstić information content (AvgIpc) is 3.43. The molecular formula is C31H33N5O5S. The van der Waals surface area contributed by atoms with Crippen molar-refractivity contribution in [1.29, 1.82) is 0 Å². The Morgan fingerprint density at radius 3 is 2.29 bits per heavy atom. The van der Waals surface area contributed by atoms with Crippen molar-refractivity contribution >= 4 is 35.2 Å². The van der Waals surface area contributed by atoms with Crippen molar-refractivity contribution in [3.05, 3.63) is 95.8 Å². The van der Waals surface area contributed by atoms with Crippen molar-refractivity contribution in [2.75, 3.05) is 24.3 Å². The van der Waals surface area contributed by atoms with Gasteiger partial charge in [0.2, 0.25) is 5.91 Å². The van der Waals surface area contributed by atoms with Crippen molar-refractivity contribution in [3.63, 3.8) is 0 Å². The maximum Gasteiger partial charge on any atom is 0.338 e. The van der Waals surface area contributed by atoms with Gasteiger partial charge < -0.3 is 20.1 Å². The van der Waals surface area contributed by atoms with Crippen molar-refractivity contribution in [2.24, 2.45) is 0 Å². The zero-order valence-electron chi connectivity index (χ0n) is 23.5. The van der Waals surface area contributed by atoms with Crippen LogP contribution in [0, 0.1) is 0 Å². The summed E-state index contributed by atoms with van der Waals surface area (Å²) in [4.78, 5) is 37.4. The highest BCUT2D eigenvalue weighted by Gasteiger charge is 2.17. The summed E-state index contributed by atoms with van der Waals surface area (Å²) in [6.45, 7) is 4.91. The molecule has 0 saturated heterocycles. The quantitative estimate of drug-likeness (QED) is 0.116. The summed E-state index contributed by atoms with van der Waals surface area (Å²) in [6, 6.07) is 23.0. The Balaban J connectivity index is 1.38. The molecule has 42 heavy (non-hydrogen) atoms. The van der Waals surface area contributed by atoms with E-state index in [1.54, 1.807) is 55.5 Å². The molecule has 0 fully saturated rings. The second-order valence-electron chi connectivity index (χ2n) is 9.11. The van der Waals surface area contributed by atoms with Crippen LogP contribution in [0.3, 0.4) is 0 Å². The number of para-hydroxylation sites is 1. The zero-order chi connectivity index (χ0) is 29.7. The van der Waals surface area contributed by atoms with E-state index < -0.39 is 5.97 Å². The number of anilines is 1. The summed E-state index contributed by atoms with van der Waals surface area (Å²) in [7, 11) is 0. The maximum absolute atomic E-state index is 12.8. The molecule has 0 radical (unpaired) electrons. The molecule has 0 aliphatic heterocycles. The Labute approximate surface area is 248 Å². The van der Waals surface area contributed by atoms with E-state index in [-0.39, 0.29) is 24.1 Å². The fourth-order valence-electron chi connectivity index (χ4n) is 3.87. The minimum absolute atomic E-state index is 0.0730. The third-order valence-corrected chi connectivity index (χ3v) is 6.95. The number of thioether (sulfide) groups is 1. The first kappa shape index (κ1) is 30.3. The molecular weight excluding hydrogens is 554 g/mol. The fourth-order valence-corrected chi connectivity index (χ4v) is 4.65. The summed E-state index contributed by atoms with van der Waals surface area (Å²) < 4.78 is 12.5. The summed E-state index contributed by atoms with van der Waals surface area (Å²) in [5, 5.41) is 14.8. The summed E-state index contributed by atoms with van der Waals surface area (Å²) >= 11 is 1.22. The summed E-state index contributed by atoms with van der Waals surface area (Å²) in [6.07, 6.45) is 2.03. The number of esters is 1. The van der Waals surface area contributed by atoms with Gasteiger partial charge in [-0.25, -0.2) is 4.79 Å². The van der Waals surface area contributed by atoms with E-state index in [0.29, 0.717) is 41.0 Å². The van der Waals surface area contributed by atoms with E-state index in [4.69, 9.17) is 9.47 Å². The molecule has 4 rings (SSSR count). The lowest BCUT2D eigenvalue weighted by Crippen LogP contribution is -2.24. The van der Waals surface area contributed by atoms with Crippen LogP contribution in [0.25, 0.3) is 5.69 Å². The van der Waals surface area contributed by atoms with E-state index in [2.05, 4.69) is 27.8 Å². The lowest BCUT2D eigenvalue weighted by molar-refractivity contribution is -0.113. The minimum Gasteiger partial charge on any atom is -0.494 e. The number of unbranched alkanes of at least 4 members (excludes halogenated alkanes) is 1. The highest BCUT2D eigenvalue weighted by molar-refractivity contribution is 7.99. The summed E-state index contributed by atoms with van der Waals surface area (Å²) in [5.41, 5.74) is 2.28. The van der Waals surface area contributed by atoms with Gasteiger partial charge in [-0.1, -0.05) is 43.3 Å². The number of hydrogen-bond acceptors (Lipinski definition) is 8. The van der Waals surface area contributed by atoms with Crippen LogP contribution in [0.5, 0.6) is 5.75 Å². The van der Waals surface area contributed by atoms with Gasteiger partial charge in [-0.05, 0) is 74.0 Å². The molecule has 218 valence electrons. The average molecular weight is 588 g/mol. The Hall–Kier alpha value is -4.64. The molecule has 0 unspecified atom stereocenters. The Morgan fingerprint density at radius 2 is 1.60 bits per heavy atom. The van der Waals surface area contributed by atoms with E-state index in [1.165, 1.54) is 11.8 Å². The van der Waals surface area contributed by atoms with Gasteiger partial charge in [0.05, 0.1) is 31.1 Å². The Bertz CT molecular complexity index is 1470. The monoisotopic (exact) mass is 587 g/mol. The van der Waals surface area contributed by atoms with Crippen molar-refractivity contribution in [1.82, 2.24) is 20.1 Å². The molecule has 4 aromatic rings. The van der Waals surface area contributed by atoms with Gasteiger partial charge in [-0.15, -0.1) is 10.2 Å². The molecule has 2 amide bonds. The summed E-state index contributed by atoms with van der Waals surface area (Å²) in [5.74, 6) is 0.408. The van der Waals surface area contributed by atoms with E-state index in [1.807, 2.05) is 34.9 Å². The van der Waals surface area contributed by atoms with Gasteiger partial charge >= 0.3 is 5.97 Å². The van der Waals surface area contributed by atoms with Crippen LogP contribution in [0.15, 0.2) is 84.0 Å². The van der Waals surface area contributed by atoms with Crippen LogP contribution < -0.4 is 15.4 Å². The van der Waals surface area contributed by atoms with Gasteiger partial charge in [0, 0.05) is 16.9 Å². The molecule has 2 N–H and O–H groups in total. The van der Waals surface area contributed by atoms with Crippen molar-refractivity contribution in [2.45, 2.75) is 38.4 Å². The number of nitrogens with zero attached hydrogens (tertiary/aromatic N) is 3. The lowest BCUT2D eigenvalue weighted by Gasteiger charge is -2.11. The number of ether oxygens (including phenoxy) is 2.